The standard InChI is InChI=1S/C24H26Cl2N4O2/c1-16-22(24(32)30(28(16)2)19-6-4-3-5-7-19)27-23(31)18-10-12-29(13-11-18)15-17-8-9-20(25)21(26)14-17/h3-9,14,18H,10-13,15H2,1-2H3,(H,27,31). The number of anilines is 1. The fourth-order valence-electron chi connectivity index (χ4n) is 4.19. The van der Waals surface area contributed by atoms with E-state index in [0.717, 1.165) is 49.4 Å². The van der Waals surface area contributed by atoms with Crippen LogP contribution >= 0.6 is 23.2 Å². The Bertz CT molecular complexity index is 1180. The molecule has 168 valence electrons. The molecular weight excluding hydrogens is 447 g/mol. The number of amides is 1. The first kappa shape index (κ1) is 22.6. The number of rotatable bonds is 5. The lowest BCUT2D eigenvalue weighted by Crippen LogP contribution is -2.38. The molecule has 0 bridgehead atoms. The third-order valence-electron chi connectivity index (χ3n) is 6.15. The van der Waals surface area contributed by atoms with E-state index in [1.807, 2.05) is 62.5 Å². The zero-order valence-electron chi connectivity index (χ0n) is 18.1. The van der Waals surface area contributed by atoms with E-state index in [1.165, 1.54) is 0 Å². The number of carbonyl (C=O) groups excluding carboxylic acids is 1. The average molecular weight is 473 g/mol. The van der Waals surface area contributed by atoms with Crippen molar-refractivity contribution in [1.29, 1.82) is 0 Å². The molecule has 1 aliphatic heterocycles. The number of hydrogen-bond donors (Lipinski definition) is 1. The molecule has 2 heterocycles. The van der Waals surface area contributed by atoms with Gasteiger partial charge in [0.05, 0.1) is 21.4 Å². The maximum Gasteiger partial charge on any atom is 0.295 e. The Balaban J connectivity index is 1.40. The Labute approximate surface area is 197 Å². The van der Waals surface area contributed by atoms with Crippen LogP contribution in [0.4, 0.5) is 5.69 Å². The van der Waals surface area contributed by atoms with Crippen molar-refractivity contribution in [2.45, 2.75) is 26.3 Å². The molecule has 32 heavy (non-hydrogen) atoms. The monoisotopic (exact) mass is 472 g/mol. The van der Waals surface area contributed by atoms with Crippen molar-refractivity contribution in [1.82, 2.24) is 14.3 Å². The van der Waals surface area contributed by atoms with Crippen LogP contribution in [0, 0.1) is 12.8 Å². The fraction of sp³-hybridized carbons (Fsp3) is 0.333. The van der Waals surface area contributed by atoms with Crippen LogP contribution in [0.25, 0.3) is 5.69 Å². The van der Waals surface area contributed by atoms with Crippen molar-refractivity contribution >= 4 is 34.8 Å². The first-order chi connectivity index (χ1) is 15.3. The summed E-state index contributed by atoms with van der Waals surface area (Å²) in [6.07, 6.45) is 1.48. The first-order valence-electron chi connectivity index (χ1n) is 10.7. The molecule has 0 spiro atoms. The smallest absolute Gasteiger partial charge is 0.295 e. The number of piperidine rings is 1. The lowest BCUT2D eigenvalue weighted by Gasteiger charge is -2.31. The van der Waals surface area contributed by atoms with Crippen LogP contribution in [0.3, 0.4) is 0 Å². The van der Waals surface area contributed by atoms with Crippen molar-refractivity contribution in [3.63, 3.8) is 0 Å². The molecule has 0 atom stereocenters. The van der Waals surface area contributed by atoms with Crippen LogP contribution in [-0.2, 0) is 18.4 Å². The molecule has 8 heteroatoms. The Hall–Kier alpha value is -2.54. The van der Waals surface area contributed by atoms with E-state index in [9.17, 15) is 9.59 Å². The van der Waals surface area contributed by atoms with Crippen LogP contribution in [0.15, 0.2) is 53.3 Å². The highest BCUT2D eigenvalue weighted by molar-refractivity contribution is 6.42. The van der Waals surface area contributed by atoms with Gasteiger partial charge in [-0.1, -0.05) is 47.5 Å². The van der Waals surface area contributed by atoms with Gasteiger partial charge in [-0.3, -0.25) is 19.2 Å². The number of likely N-dealkylation sites (tertiary alicyclic amines) is 1. The third-order valence-corrected chi connectivity index (χ3v) is 6.89. The normalized spacial score (nSPS) is 15.1. The molecule has 2 aromatic carbocycles. The number of halogens is 2. The van der Waals surface area contributed by atoms with Gasteiger partial charge in [0.25, 0.3) is 5.56 Å². The highest BCUT2D eigenvalue weighted by Gasteiger charge is 2.27. The van der Waals surface area contributed by atoms with Crippen molar-refractivity contribution in [3.8, 4) is 5.69 Å². The maximum atomic E-state index is 13.0. The van der Waals surface area contributed by atoms with E-state index >= 15 is 0 Å². The van der Waals surface area contributed by atoms with Crippen LogP contribution in [0.1, 0.15) is 24.1 Å². The highest BCUT2D eigenvalue weighted by atomic mass is 35.5. The topological polar surface area (TPSA) is 59.3 Å². The molecule has 0 radical (unpaired) electrons. The molecule has 1 amide bonds. The number of carbonyl (C=O) groups is 1. The molecule has 3 aromatic rings. The van der Waals surface area contributed by atoms with E-state index in [4.69, 9.17) is 23.2 Å². The molecule has 6 nitrogen and oxygen atoms in total. The van der Waals surface area contributed by atoms with E-state index in [0.29, 0.717) is 15.7 Å². The second-order valence-corrected chi connectivity index (χ2v) is 9.04. The largest absolute Gasteiger partial charge is 0.320 e. The van der Waals surface area contributed by atoms with Gasteiger partial charge in [-0.05, 0) is 62.7 Å². The van der Waals surface area contributed by atoms with Crippen molar-refractivity contribution < 1.29 is 4.79 Å². The summed E-state index contributed by atoms with van der Waals surface area (Å²) in [7, 11) is 1.82. The summed E-state index contributed by atoms with van der Waals surface area (Å²) in [4.78, 5) is 28.3. The molecule has 1 aromatic heterocycles. The van der Waals surface area contributed by atoms with Gasteiger partial charge < -0.3 is 5.32 Å². The van der Waals surface area contributed by atoms with Gasteiger partial charge in [0.1, 0.15) is 5.69 Å². The third kappa shape index (κ3) is 4.63. The molecule has 0 saturated carbocycles. The van der Waals surface area contributed by atoms with Gasteiger partial charge in [0.15, 0.2) is 0 Å². The lowest BCUT2D eigenvalue weighted by molar-refractivity contribution is -0.121. The van der Waals surface area contributed by atoms with Gasteiger partial charge >= 0.3 is 0 Å². The second-order valence-electron chi connectivity index (χ2n) is 8.22. The number of hydrogen-bond acceptors (Lipinski definition) is 3. The summed E-state index contributed by atoms with van der Waals surface area (Å²) >= 11 is 12.1. The van der Waals surface area contributed by atoms with E-state index < -0.39 is 0 Å². The molecule has 4 rings (SSSR count). The van der Waals surface area contributed by atoms with Crippen molar-refractivity contribution in [3.05, 3.63) is 80.2 Å². The average Bonchev–Trinajstić information content (AvgIpc) is 3.00. The number of nitrogens with one attached hydrogen (secondary N) is 1. The Morgan fingerprint density at radius 1 is 1.06 bits per heavy atom. The number of nitrogens with zero attached hydrogens (tertiary/aromatic N) is 3. The fourth-order valence-corrected chi connectivity index (χ4v) is 4.51. The van der Waals surface area contributed by atoms with Crippen molar-refractivity contribution in [2.24, 2.45) is 13.0 Å². The minimum Gasteiger partial charge on any atom is -0.320 e. The summed E-state index contributed by atoms with van der Waals surface area (Å²) in [5.74, 6) is -0.213. The maximum absolute atomic E-state index is 13.0. The van der Waals surface area contributed by atoms with Gasteiger partial charge in [0, 0.05) is 19.5 Å². The van der Waals surface area contributed by atoms with Gasteiger partial charge in [0.2, 0.25) is 5.91 Å². The zero-order chi connectivity index (χ0) is 22.8. The van der Waals surface area contributed by atoms with Gasteiger partial charge in [-0.15, -0.1) is 0 Å². The molecular formula is C24H26Cl2N4O2. The molecule has 1 saturated heterocycles. The zero-order valence-corrected chi connectivity index (χ0v) is 19.7. The number of para-hydroxylation sites is 1. The van der Waals surface area contributed by atoms with Gasteiger partial charge in [-0.25, -0.2) is 4.68 Å². The summed E-state index contributed by atoms with van der Waals surface area (Å²) in [6, 6.07) is 15.1. The van der Waals surface area contributed by atoms with Crippen LogP contribution in [0.5, 0.6) is 0 Å². The van der Waals surface area contributed by atoms with Gasteiger partial charge in [-0.2, -0.15) is 0 Å². The predicted octanol–water partition coefficient (Wildman–Crippen LogP) is 4.64. The number of benzene rings is 2. The summed E-state index contributed by atoms with van der Waals surface area (Å²) < 4.78 is 3.35. The van der Waals surface area contributed by atoms with Crippen LogP contribution in [-0.4, -0.2) is 33.3 Å². The highest BCUT2D eigenvalue weighted by Crippen LogP contribution is 2.25. The number of aromatic nitrogens is 2. The Morgan fingerprint density at radius 3 is 2.41 bits per heavy atom. The minimum atomic E-state index is -0.221. The summed E-state index contributed by atoms with van der Waals surface area (Å²) in [5.41, 5.74) is 2.72. The summed E-state index contributed by atoms with van der Waals surface area (Å²) in [5, 5.41) is 4.02. The summed E-state index contributed by atoms with van der Waals surface area (Å²) in [6.45, 7) is 4.22. The SMILES string of the molecule is Cc1c(NC(=O)C2CCN(Cc3ccc(Cl)c(Cl)c3)CC2)c(=O)n(-c2ccccc2)n1C. The van der Waals surface area contributed by atoms with Crippen LogP contribution < -0.4 is 10.9 Å². The minimum absolute atomic E-state index is 0.0924. The molecule has 1 N–H and O–H groups in total. The molecule has 0 unspecified atom stereocenters. The molecule has 1 fully saturated rings. The first-order valence-corrected chi connectivity index (χ1v) is 11.4. The molecule has 0 aliphatic carbocycles. The predicted molar refractivity (Wildman–Crippen MR) is 129 cm³/mol. The Morgan fingerprint density at radius 2 is 1.75 bits per heavy atom. The van der Waals surface area contributed by atoms with E-state index in [-0.39, 0.29) is 17.4 Å². The molecule has 1 aliphatic rings. The van der Waals surface area contributed by atoms with E-state index in [1.54, 1.807) is 9.36 Å². The second kappa shape index (κ2) is 9.53. The van der Waals surface area contributed by atoms with E-state index in [2.05, 4.69) is 10.2 Å². The quantitative estimate of drug-likeness (QED) is 0.588. The Kier molecular flexibility index (Phi) is 6.74. The van der Waals surface area contributed by atoms with Crippen LogP contribution in [0.2, 0.25) is 10.0 Å². The lowest BCUT2D eigenvalue weighted by atomic mass is 9.95. The van der Waals surface area contributed by atoms with Crippen molar-refractivity contribution in [2.75, 3.05) is 18.4 Å².